The molecular formula is C19H18N2O2S2. The van der Waals surface area contributed by atoms with Gasteiger partial charge >= 0.3 is 0 Å². The number of carbonyl (C=O) groups is 1. The summed E-state index contributed by atoms with van der Waals surface area (Å²) < 4.78 is 5.69. The van der Waals surface area contributed by atoms with E-state index in [1.54, 1.807) is 12.0 Å². The predicted octanol–water partition coefficient (Wildman–Crippen LogP) is 4.17. The van der Waals surface area contributed by atoms with E-state index in [-0.39, 0.29) is 5.91 Å². The average Bonchev–Trinajstić information content (AvgIpc) is 2.89. The molecule has 0 bridgehead atoms. The first-order valence-corrected chi connectivity index (χ1v) is 8.91. The van der Waals surface area contributed by atoms with Gasteiger partial charge < -0.3 is 9.64 Å². The summed E-state index contributed by atoms with van der Waals surface area (Å²) in [6, 6.07) is 15.3. The molecule has 2 aromatic carbocycles. The van der Waals surface area contributed by atoms with Gasteiger partial charge in [0.2, 0.25) is 0 Å². The molecule has 1 heterocycles. The van der Waals surface area contributed by atoms with Gasteiger partial charge in [0.1, 0.15) is 5.75 Å². The first-order valence-electron chi connectivity index (χ1n) is 7.69. The SMILES string of the molecule is COc1ccc(N2C(=O)/C(=C/c3ccc(N(C)C)cc3)SC2=S)cc1. The molecule has 4 nitrogen and oxygen atoms in total. The van der Waals surface area contributed by atoms with Gasteiger partial charge in [-0.2, -0.15) is 0 Å². The summed E-state index contributed by atoms with van der Waals surface area (Å²) >= 11 is 6.72. The van der Waals surface area contributed by atoms with E-state index in [4.69, 9.17) is 17.0 Å². The Balaban J connectivity index is 1.84. The smallest absolute Gasteiger partial charge is 0.270 e. The van der Waals surface area contributed by atoms with E-state index in [1.165, 1.54) is 11.8 Å². The molecule has 0 radical (unpaired) electrons. The second kappa shape index (κ2) is 7.29. The molecule has 2 aromatic rings. The molecule has 128 valence electrons. The maximum atomic E-state index is 12.8. The van der Waals surface area contributed by atoms with Crippen molar-refractivity contribution >= 4 is 51.7 Å². The molecule has 0 aliphatic carbocycles. The fourth-order valence-corrected chi connectivity index (χ4v) is 3.74. The number of hydrogen-bond donors (Lipinski definition) is 0. The van der Waals surface area contributed by atoms with Crippen molar-refractivity contribution in [2.45, 2.75) is 0 Å². The van der Waals surface area contributed by atoms with Crippen molar-refractivity contribution in [1.29, 1.82) is 0 Å². The van der Waals surface area contributed by atoms with E-state index in [0.29, 0.717) is 9.23 Å². The van der Waals surface area contributed by atoms with Crippen LogP contribution in [0.1, 0.15) is 5.56 Å². The van der Waals surface area contributed by atoms with Gasteiger partial charge in [-0.1, -0.05) is 36.1 Å². The van der Waals surface area contributed by atoms with Crippen LogP contribution in [0.3, 0.4) is 0 Å². The van der Waals surface area contributed by atoms with Gasteiger partial charge in [0.15, 0.2) is 4.32 Å². The van der Waals surface area contributed by atoms with Crippen molar-refractivity contribution in [1.82, 2.24) is 0 Å². The van der Waals surface area contributed by atoms with Crippen LogP contribution in [0, 0.1) is 0 Å². The Kier molecular flexibility index (Phi) is 5.11. The summed E-state index contributed by atoms with van der Waals surface area (Å²) in [5.74, 6) is 0.641. The molecule has 1 amide bonds. The first kappa shape index (κ1) is 17.5. The lowest BCUT2D eigenvalue weighted by Crippen LogP contribution is -2.27. The van der Waals surface area contributed by atoms with E-state index in [1.807, 2.05) is 73.6 Å². The van der Waals surface area contributed by atoms with Crippen LogP contribution in [0.2, 0.25) is 0 Å². The third-order valence-electron chi connectivity index (χ3n) is 3.83. The fraction of sp³-hybridized carbons (Fsp3) is 0.158. The molecule has 0 aromatic heterocycles. The number of anilines is 2. The molecule has 0 saturated carbocycles. The number of thiocarbonyl (C=S) groups is 1. The normalized spacial score (nSPS) is 15.8. The third kappa shape index (κ3) is 3.70. The zero-order valence-corrected chi connectivity index (χ0v) is 15.9. The Labute approximate surface area is 157 Å². The fourth-order valence-electron chi connectivity index (χ4n) is 2.44. The first-order chi connectivity index (χ1) is 12.0. The Morgan fingerprint density at radius 1 is 1.08 bits per heavy atom. The molecule has 0 spiro atoms. The van der Waals surface area contributed by atoms with Gasteiger partial charge in [-0.05, 0) is 48.0 Å². The van der Waals surface area contributed by atoms with Gasteiger partial charge in [0.05, 0.1) is 17.7 Å². The minimum atomic E-state index is -0.100. The standard InChI is InChI=1S/C19H18N2O2S2/c1-20(2)14-6-4-13(5-7-14)12-17-18(22)21(19(24)25-17)15-8-10-16(23-3)11-9-15/h4-12H,1-3H3/b17-12-. The topological polar surface area (TPSA) is 32.8 Å². The predicted molar refractivity (Wildman–Crippen MR) is 109 cm³/mol. The number of carbonyl (C=O) groups excluding carboxylic acids is 1. The van der Waals surface area contributed by atoms with Crippen molar-refractivity contribution in [3.05, 3.63) is 59.0 Å². The van der Waals surface area contributed by atoms with E-state index < -0.39 is 0 Å². The summed E-state index contributed by atoms with van der Waals surface area (Å²) in [5, 5.41) is 0. The molecular weight excluding hydrogens is 352 g/mol. The largest absolute Gasteiger partial charge is 0.497 e. The minimum Gasteiger partial charge on any atom is -0.497 e. The summed E-state index contributed by atoms with van der Waals surface area (Å²) in [4.78, 5) is 17.0. The molecule has 1 saturated heterocycles. The Bertz CT molecular complexity index is 828. The highest BCUT2D eigenvalue weighted by atomic mass is 32.2. The molecule has 0 atom stereocenters. The molecule has 0 unspecified atom stereocenters. The molecule has 3 rings (SSSR count). The lowest BCUT2D eigenvalue weighted by Gasteiger charge is -2.14. The molecule has 6 heteroatoms. The zero-order valence-electron chi connectivity index (χ0n) is 14.2. The average molecular weight is 370 g/mol. The van der Waals surface area contributed by atoms with Crippen molar-refractivity contribution in [2.75, 3.05) is 31.0 Å². The van der Waals surface area contributed by atoms with Gasteiger partial charge in [-0.15, -0.1) is 0 Å². The molecule has 25 heavy (non-hydrogen) atoms. The highest BCUT2D eigenvalue weighted by Gasteiger charge is 2.33. The number of ether oxygens (including phenoxy) is 1. The van der Waals surface area contributed by atoms with Crippen LogP contribution < -0.4 is 14.5 Å². The summed E-state index contributed by atoms with van der Waals surface area (Å²) in [6.45, 7) is 0. The van der Waals surface area contributed by atoms with Crippen LogP contribution in [0.5, 0.6) is 5.75 Å². The lowest BCUT2D eigenvalue weighted by atomic mass is 10.2. The van der Waals surface area contributed by atoms with Gasteiger partial charge in [-0.3, -0.25) is 9.69 Å². The van der Waals surface area contributed by atoms with Crippen molar-refractivity contribution in [3.8, 4) is 5.75 Å². The second-order valence-electron chi connectivity index (χ2n) is 5.70. The molecule has 1 aliphatic rings. The van der Waals surface area contributed by atoms with Crippen LogP contribution in [0.15, 0.2) is 53.4 Å². The highest BCUT2D eigenvalue weighted by molar-refractivity contribution is 8.27. The second-order valence-corrected chi connectivity index (χ2v) is 7.38. The van der Waals surface area contributed by atoms with Crippen molar-refractivity contribution in [3.63, 3.8) is 0 Å². The van der Waals surface area contributed by atoms with E-state index >= 15 is 0 Å². The Hall–Kier alpha value is -2.31. The number of methoxy groups -OCH3 is 1. The molecule has 1 aliphatic heterocycles. The van der Waals surface area contributed by atoms with E-state index in [2.05, 4.69) is 0 Å². The van der Waals surface area contributed by atoms with Gasteiger partial charge in [-0.25, -0.2) is 0 Å². The minimum absolute atomic E-state index is 0.100. The maximum absolute atomic E-state index is 12.8. The lowest BCUT2D eigenvalue weighted by molar-refractivity contribution is -0.113. The van der Waals surface area contributed by atoms with Crippen LogP contribution in [0.25, 0.3) is 6.08 Å². The third-order valence-corrected chi connectivity index (χ3v) is 5.13. The number of amides is 1. The monoisotopic (exact) mass is 370 g/mol. The molecule has 1 fully saturated rings. The quantitative estimate of drug-likeness (QED) is 0.596. The van der Waals surface area contributed by atoms with Crippen molar-refractivity contribution in [2.24, 2.45) is 0 Å². The van der Waals surface area contributed by atoms with Crippen LogP contribution >= 0.6 is 24.0 Å². The Morgan fingerprint density at radius 3 is 2.28 bits per heavy atom. The van der Waals surface area contributed by atoms with E-state index in [0.717, 1.165) is 22.7 Å². The number of rotatable bonds is 4. The van der Waals surface area contributed by atoms with Gasteiger partial charge in [0.25, 0.3) is 5.91 Å². The number of benzene rings is 2. The van der Waals surface area contributed by atoms with Crippen LogP contribution in [0.4, 0.5) is 11.4 Å². The summed E-state index contributed by atoms with van der Waals surface area (Å²) in [6.07, 6.45) is 1.88. The molecule has 0 N–H and O–H groups in total. The van der Waals surface area contributed by atoms with Crippen LogP contribution in [-0.2, 0) is 4.79 Å². The number of thioether (sulfide) groups is 1. The highest BCUT2D eigenvalue weighted by Crippen LogP contribution is 2.36. The zero-order chi connectivity index (χ0) is 18.0. The van der Waals surface area contributed by atoms with E-state index in [9.17, 15) is 4.79 Å². The number of nitrogens with zero attached hydrogens (tertiary/aromatic N) is 2. The van der Waals surface area contributed by atoms with Crippen LogP contribution in [-0.4, -0.2) is 31.4 Å². The summed E-state index contributed by atoms with van der Waals surface area (Å²) in [5.41, 5.74) is 2.83. The number of hydrogen-bond acceptors (Lipinski definition) is 5. The Morgan fingerprint density at radius 2 is 1.72 bits per heavy atom. The summed E-state index contributed by atoms with van der Waals surface area (Å²) in [7, 11) is 5.60. The van der Waals surface area contributed by atoms with Crippen molar-refractivity contribution < 1.29 is 9.53 Å². The maximum Gasteiger partial charge on any atom is 0.270 e. The van der Waals surface area contributed by atoms with Gasteiger partial charge in [0, 0.05) is 19.8 Å².